The van der Waals surface area contributed by atoms with E-state index in [1.807, 2.05) is 152 Å². The van der Waals surface area contributed by atoms with Crippen LogP contribution >= 0.6 is 23.1 Å². The van der Waals surface area contributed by atoms with Gasteiger partial charge in [0.25, 0.3) is 11.8 Å². The van der Waals surface area contributed by atoms with Crippen LogP contribution in [0.2, 0.25) is 0 Å². The molecule has 2 aliphatic heterocycles. The molecule has 16 nitrogen and oxygen atoms in total. The van der Waals surface area contributed by atoms with Gasteiger partial charge in [0.2, 0.25) is 5.60 Å². The van der Waals surface area contributed by atoms with Crippen LogP contribution in [-0.4, -0.2) is 87.5 Å². The van der Waals surface area contributed by atoms with Crippen LogP contribution in [0.4, 0.5) is 5.13 Å². The molecule has 4 N–H and O–H groups in total. The number of rotatable bonds is 18. The summed E-state index contributed by atoms with van der Waals surface area (Å²) in [5.74, 6) is -3.29. The van der Waals surface area contributed by atoms with Crippen molar-refractivity contribution in [2.45, 2.75) is 75.4 Å². The topological polar surface area (TPSA) is 207 Å². The molecule has 6 aromatic carbocycles. The van der Waals surface area contributed by atoms with Gasteiger partial charge in [0.15, 0.2) is 28.4 Å². The van der Waals surface area contributed by atoms with E-state index < -0.39 is 58.0 Å². The summed E-state index contributed by atoms with van der Waals surface area (Å²) in [7, 11) is 0. The standard InChI is InChI=1S/C62H57N7O9S2/c1-60(2,3)77-58(75)61(4,5)78-67-50(46-37-80-59(64-46)66-62(42-27-15-8-16-28-42,43-29-17-9-18-30-43)44-31-19-10-20-32-44)54(72)65-51-55(73)69-52(57(74)76-53(39-22-11-6-12-23-39)40-24-13-7-14-25-40)41(36-79-56(51)69)26-21-33-68-38-63-45-34-48(70)49(71)35-47(45)68/h6-32,34-35,37-38,51,53,56,70-71H,33,36H2,1-5H3,(H,64,66)(H,65,72)/b26-21+,67-50-. The largest absolute Gasteiger partial charge is 0.504 e. The number of hydrogen-bond donors (Lipinski definition) is 4. The zero-order valence-corrected chi connectivity index (χ0v) is 46.0. The lowest BCUT2D eigenvalue weighted by Crippen LogP contribution is -2.71. The van der Waals surface area contributed by atoms with Crippen LogP contribution < -0.4 is 10.6 Å². The Labute approximate surface area is 470 Å². The Bertz CT molecular complexity index is 3520. The SMILES string of the molecule is CC(C)(C)OC(=O)C(C)(C)O/N=C(\C(=O)NC1C(=O)N2C(C(=O)OC(c3ccccc3)c3ccccc3)=C(/C=C/Cn3cnc4cc(O)c(O)cc43)CSC12)c1csc(NC(c2ccccc2)(c2ccccc2)c2ccccc2)n1. The van der Waals surface area contributed by atoms with Crippen molar-refractivity contribution >= 4 is 68.7 Å². The highest BCUT2D eigenvalue weighted by Crippen LogP contribution is 2.44. The molecule has 2 amide bonds. The van der Waals surface area contributed by atoms with Crippen LogP contribution in [0.5, 0.6) is 11.5 Å². The maximum Gasteiger partial charge on any atom is 0.356 e. The molecule has 1 fully saturated rings. The van der Waals surface area contributed by atoms with Crippen LogP contribution in [0.1, 0.15) is 74.2 Å². The lowest BCUT2D eigenvalue weighted by Gasteiger charge is -2.49. The smallest absolute Gasteiger partial charge is 0.356 e. The number of thiazole rings is 1. The van der Waals surface area contributed by atoms with Gasteiger partial charge in [0.1, 0.15) is 33.9 Å². The van der Waals surface area contributed by atoms with Crippen molar-refractivity contribution in [1.82, 2.24) is 24.8 Å². The Morgan fingerprint density at radius 2 is 1.34 bits per heavy atom. The summed E-state index contributed by atoms with van der Waals surface area (Å²) in [4.78, 5) is 74.7. The zero-order chi connectivity index (χ0) is 56.2. The number of imidazole rings is 1. The number of ether oxygens (including phenoxy) is 2. The van der Waals surface area contributed by atoms with Gasteiger partial charge in [-0.05, 0) is 68.0 Å². The number of amides is 2. The molecule has 0 bridgehead atoms. The first-order valence-electron chi connectivity index (χ1n) is 25.7. The van der Waals surface area contributed by atoms with Crippen LogP contribution in [0.25, 0.3) is 11.0 Å². The predicted octanol–water partition coefficient (Wildman–Crippen LogP) is 10.4. The molecule has 8 aromatic rings. The summed E-state index contributed by atoms with van der Waals surface area (Å²) in [5, 5.41) is 32.6. The number of thioether (sulfide) groups is 1. The average Bonchev–Trinajstić information content (AvgIpc) is 4.23. The maximum absolute atomic E-state index is 14.9. The van der Waals surface area contributed by atoms with Gasteiger partial charge >= 0.3 is 11.9 Å². The number of esters is 2. The number of phenols is 2. The van der Waals surface area contributed by atoms with Crippen molar-refractivity contribution in [2.75, 3.05) is 11.1 Å². The molecule has 1 saturated heterocycles. The van der Waals surface area contributed by atoms with E-state index in [0.717, 1.165) is 16.7 Å². The molecular weight excluding hydrogens is 1050 g/mol. The number of nitrogens with zero attached hydrogens (tertiary/aromatic N) is 5. The van der Waals surface area contributed by atoms with Gasteiger partial charge in [-0.15, -0.1) is 23.1 Å². The first kappa shape index (κ1) is 54.4. The monoisotopic (exact) mass is 1110 g/mol. The maximum atomic E-state index is 14.9. The van der Waals surface area contributed by atoms with Gasteiger partial charge in [-0.25, -0.2) is 19.6 Å². The highest BCUT2D eigenvalue weighted by molar-refractivity contribution is 8.00. The molecule has 10 rings (SSSR count). The first-order valence-corrected chi connectivity index (χ1v) is 27.7. The van der Waals surface area contributed by atoms with E-state index in [2.05, 4.69) is 20.8 Å². The Kier molecular flexibility index (Phi) is 15.5. The van der Waals surface area contributed by atoms with E-state index in [0.29, 0.717) is 32.9 Å². The molecule has 0 spiro atoms. The third kappa shape index (κ3) is 11.3. The Morgan fingerprint density at radius 3 is 1.90 bits per heavy atom. The number of oxime groups is 1. The summed E-state index contributed by atoms with van der Waals surface area (Å²) in [6.45, 7) is 8.37. The van der Waals surface area contributed by atoms with E-state index in [9.17, 15) is 29.4 Å². The summed E-state index contributed by atoms with van der Waals surface area (Å²) in [6.07, 6.45) is 4.27. The first-order chi connectivity index (χ1) is 38.5. The van der Waals surface area contributed by atoms with Crippen molar-refractivity contribution in [2.24, 2.45) is 5.16 Å². The number of nitrogens with one attached hydrogen (secondary N) is 2. The highest BCUT2D eigenvalue weighted by atomic mass is 32.2. The molecule has 2 unspecified atom stereocenters. The summed E-state index contributed by atoms with van der Waals surface area (Å²) < 4.78 is 13.8. The molecular formula is C62H57N7O9S2. The number of fused-ring (bicyclic) bond motifs is 2. The predicted molar refractivity (Wildman–Crippen MR) is 308 cm³/mol. The zero-order valence-electron chi connectivity index (χ0n) is 44.3. The van der Waals surface area contributed by atoms with E-state index in [4.69, 9.17) is 19.3 Å². The number of aromatic hydroxyl groups is 2. The second-order valence-corrected chi connectivity index (χ2v) is 22.5. The second-order valence-electron chi connectivity index (χ2n) is 20.5. The van der Waals surface area contributed by atoms with E-state index >= 15 is 0 Å². The number of phenolic OH excluding ortho intramolecular Hbond substituents is 2. The molecule has 18 heteroatoms. The lowest BCUT2D eigenvalue weighted by molar-refractivity contribution is -0.179. The molecule has 0 aliphatic carbocycles. The minimum absolute atomic E-state index is 0.000649. The number of carbonyl (C=O) groups is 4. The van der Waals surface area contributed by atoms with Crippen LogP contribution in [0.3, 0.4) is 0 Å². The lowest BCUT2D eigenvalue weighted by atomic mass is 9.77. The van der Waals surface area contributed by atoms with Gasteiger partial charge in [-0.3, -0.25) is 14.5 Å². The minimum Gasteiger partial charge on any atom is -0.504 e. The number of benzene rings is 6. The van der Waals surface area contributed by atoms with Crippen molar-refractivity contribution < 1.29 is 43.7 Å². The number of hydrogen-bond acceptors (Lipinski definition) is 15. The normalized spacial score (nSPS) is 15.8. The summed E-state index contributed by atoms with van der Waals surface area (Å²) in [5.41, 5.74) is 1.93. The van der Waals surface area contributed by atoms with E-state index in [1.54, 1.807) is 49.2 Å². The minimum atomic E-state index is -1.68. The van der Waals surface area contributed by atoms with Gasteiger partial charge in [-0.1, -0.05) is 169 Å². The Hall–Kier alpha value is -9.00. The summed E-state index contributed by atoms with van der Waals surface area (Å²) in [6, 6.07) is 50.0. The third-order valence-electron chi connectivity index (χ3n) is 13.4. The van der Waals surface area contributed by atoms with E-state index in [-0.39, 0.29) is 40.9 Å². The fourth-order valence-corrected chi connectivity index (χ4v) is 11.5. The average molecular weight is 1110 g/mol. The summed E-state index contributed by atoms with van der Waals surface area (Å²) >= 11 is 2.56. The molecule has 406 valence electrons. The molecule has 2 aromatic heterocycles. The van der Waals surface area contributed by atoms with Crippen molar-refractivity contribution in [3.8, 4) is 11.5 Å². The highest BCUT2D eigenvalue weighted by Gasteiger charge is 2.55. The molecule has 80 heavy (non-hydrogen) atoms. The molecule has 2 atom stereocenters. The fraction of sp³-hybridized carbons (Fsp3) is 0.210. The van der Waals surface area contributed by atoms with Gasteiger partial charge < -0.3 is 39.7 Å². The van der Waals surface area contributed by atoms with Crippen molar-refractivity contribution in [3.05, 3.63) is 232 Å². The van der Waals surface area contributed by atoms with Gasteiger partial charge in [0, 0.05) is 29.8 Å². The number of aromatic nitrogens is 3. The number of β-lactam (4-membered cyclic amide) rings is 1. The molecule has 0 radical (unpaired) electrons. The Morgan fingerprint density at radius 1 is 0.787 bits per heavy atom. The Balaban J connectivity index is 0.982. The van der Waals surface area contributed by atoms with Crippen molar-refractivity contribution in [3.63, 3.8) is 0 Å². The van der Waals surface area contributed by atoms with Gasteiger partial charge in [-0.2, -0.15) is 0 Å². The van der Waals surface area contributed by atoms with Crippen LogP contribution in [-0.2, 0) is 45.6 Å². The van der Waals surface area contributed by atoms with Gasteiger partial charge in [0.05, 0.1) is 17.4 Å². The molecule has 0 saturated carbocycles. The molecule has 2 aliphatic rings. The quantitative estimate of drug-likeness (QED) is 0.0158. The number of allylic oxidation sites excluding steroid dienone is 2. The van der Waals surface area contributed by atoms with E-state index in [1.165, 1.54) is 54.0 Å². The molecule has 4 heterocycles. The second kappa shape index (κ2) is 22.8. The number of anilines is 1. The fourth-order valence-electron chi connectivity index (χ4n) is 9.44. The van der Waals surface area contributed by atoms with Crippen LogP contribution in [0, 0.1) is 0 Å². The third-order valence-corrected chi connectivity index (χ3v) is 15.4. The number of carbonyl (C=O) groups excluding carboxylic acids is 4. The van der Waals surface area contributed by atoms with Crippen molar-refractivity contribution in [1.29, 1.82) is 0 Å². The van der Waals surface area contributed by atoms with Crippen LogP contribution in [0.15, 0.2) is 204 Å².